The van der Waals surface area contributed by atoms with Gasteiger partial charge in [-0.15, -0.1) is 0 Å². The van der Waals surface area contributed by atoms with Crippen LogP contribution in [0.15, 0.2) is 60.8 Å². The third kappa shape index (κ3) is 5.06. The number of aromatic nitrogens is 4. The van der Waals surface area contributed by atoms with Gasteiger partial charge in [0.05, 0.1) is 7.54 Å². The number of amidine groups is 1. The van der Waals surface area contributed by atoms with Gasteiger partial charge in [-0.1, -0.05) is 18.2 Å². The number of nitrogens with zero attached hydrogens (tertiary/aromatic N) is 5. The van der Waals surface area contributed by atoms with Crippen molar-refractivity contribution in [2.75, 3.05) is 13.1 Å². The van der Waals surface area contributed by atoms with E-state index >= 15 is 0 Å². The van der Waals surface area contributed by atoms with Gasteiger partial charge in [0.15, 0.2) is 12.4 Å². The highest BCUT2D eigenvalue weighted by Crippen LogP contribution is 2.30. The Labute approximate surface area is 202 Å². The highest BCUT2D eigenvalue weighted by molar-refractivity contribution is 5.89. The monoisotopic (exact) mass is 479 g/mol. The van der Waals surface area contributed by atoms with Crippen LogP contribution in [0.25, 0.3) is 22.3 Å². The highest BCUT2D eigenvalue weighted by Gasteiger charge is 2.35. The van der Waals surface area contributed by atoms with Crippen LogP contribution >= 0.6 is 0 Å². The number of alkyl halides is 2. The Morgan fingerprint density at radius 1 is 1.09 bits per heavy atom. The highest BCUT2D eigenvalue weighted by atomic mass is 19.3. The van der Waals surface area contributed by atoms with Gasteiger partial charge in [0.2, 0.25) is 0 Å². The minimum atomic E-state index is -2.70. The lowest BCUT2D eigenvalue weighted by molar-refractivity contribution is -0.0472. The second-order valence-electron chi connectivity index (χ2n) is 8.30. The van der Waals surface area contributed by atoms with Crippen LogP contribution in [-0.2, 0) is 18.4 Å². The van der Waals surface area contributed by atoms with E-state index in [9.17, 15) is 8.78 Å². The van der Waals surface area contributed by atoms with Crippen molar-refractivity contribution in [3.8, 4) is 22.8 Å². The topological polar surface area (TPSA) is 89.2 Å². The van der Waals surface area contributed by atoms with E-state index in [1.165, 1.54) is 4.90 Å². The number of piperidine rings is 1. The zero-order chi connectivity index (χ0) is 25.3. The number of hydrogen-bond donors (Lipinski definition) is 1. The van der Waals surface area contributed by atoms with E-state index in [4.69, 9.17) is 16.3 Å². The Morgan fingerprint density at radius 3 is 2.49 bits per heavy atom. The number of halogens is 2. The van der Waals surface area contributed by atoms with E-state index < -0.39 is 5.92 Å². The van der Waals surface area contributed by atoms with E-state index in [2.05, 4.69) is 15.1 Å². The van der Waals surface area contributed by atoms with Crippen LogP contribution in [0.1, 0.15) is 20.0 Å². The molecular formula is C25H24F2N6O2. The third-order valence-corrected chi connectivity index (χ3v) is 5.78. The maximum absolute atomic E-state index is 13.4. The van der Waals surface area contributed by atoms with Gasteiger partial charge in [-0.2, -0.15) is 5.10 Å². The van der Waals surface area contributed by atoms with E-state index in [1.807, 2.05) is 54.6 Å². The lowest BCUT2D eigenvalue weighted by Gasteiger charge is -2.32. The predicted octanol–water partition coefficient (Wildman–Crippen LogP) is 5.01. The van der Waals surface area contributed by atoms with Gasteiger partial charge in [0, 0.05) is 38.5 Å². The van der Waals surface area contributed by atoms with Gasteiger partial charge < -0.3 is 14.4 Å². The van der Waals surface area contributed by atoms with Crippen molar-refractivity contribution >= 4 is 17.1 Å². The molecule has 0 bridgehead atoms. The van der Waals surface area contributed by atoms with Gasteiger partial charge >= 0.3 is 0 Å². The molecule has 0 spiro atoms. The number of aryl methyl sites for hydroxylation is 1. The van der Waals surface area contributed by atoms with Gasteiger partial charge in [0.25, 0.3) is 11.9 Å². The molecule has 0 saturated carbocycles. The van der Waals surface area contributed by atoms with E-state index in [0.29, 0.717) is 22.5 Å². The zero-order valence-corrected chi connectivity index (χ0v) is 19.0. The Balaban J connectivity index is 1.34. The van der Waals surface area contributed by atoms with Gasteiger partial charge in [-0.3, -0.25) is 10.1 Å². The van der Waals surface area contributed by atoms with Crippen LogP contribution in [-0.4, -0.2) is 49.7 Å². The number of nitrogens with one attached hydrogen (secondary N) is 1. The molecule has 2 aromatic heterocycles. The van der Waals surface area contributed by atoms with Crippen molar-refractivity contribution in [2.45, 2.75) is 25.4 Å². The summed E-state index contributed by atoms with van der Waals surface area (Å²) in [5, 5.41) is 12.6. The first-order valence-electron chi connectivity index (χ1n) is 11.7. The van der Waals surface area contributed by atoms with Gasteiger partial charge in [-0.05, 0) is 36.4 Å². The molecule has 0 radical (unpaired) electrons. The summed E-state index contributed by atoms with van der Waals surface area (Å²) in [4.78, 5) is 10.2. The van der Waals surface area contributed by atoms with Crippen molar-refractivity contribution in [1.29, 1.82) is 5.41 Å². The Hall–Kier alpha value is -4.08. The van der Waals surface area contributed by atoms with Gasteiger partial charge in [-0.25, -0.2) is 18.7 Å². The van der Waals surface area contributed by atoms with Crippen molar-refractivity contribution in [2.24, 2.45) is 7.05 Å². The molecule has 5 rings (SSSR count). The summed E-state index contributed by atoms with van der Waals surface area (Å²) in [6, 6.07) is 16.6. The van der Waals surface area contributed by atoms with Crippen molar-refractivity contribution in [3.05, 3.63) is 66.6 Å². The molecule has 1 aliphatic heterocycles. The molecule has 1 N–H and O–H groups in total. The fourth-order valence-electron chi connectivity index (χ4n) is 3.84. The van der Waals surface area contributed by atoms with Crippen LogP contribution in [0.2, 0.25) is 0 Å². The van der Waals surface area contributed by atoms with Crippen LogP contribution in [0, 0.1) is 5.41 Å². The SMILES string of the molecule is [2H]c1nc(COC(=N)N2CCC(F)(F)CC2)nc2c(-c3ccc(Oc4ccccc4)cc3)nn(C)c12. The first-order chi connectivity index (χ1) is 17.3. The molecule has 10 heteroatoms. The van der Waals surface area contributed by atoms with E-state index in [0.717, 1.165) is 11.3 Å². The number of para-hydroxylation sites is 1. The minimum Gasteiger partial charge on any atom is -0.457 e. The average molecular weight is 480 g/mol. The summed E-state index contributed by atoms with van der Waals surface area (Å²) in [5.74, 6) is -1.09. The first-order valence-corrected chi connectivity index (χ1v) is 11.2. The van der Waals surface area contributed by atoms with Crippen molar-refractivity contribution in [1.82, 2.24) is 24.6 Å². The third-order valence-electron chi connectivity index (χ3n) is 5.78. The smallest absolute Gasteiger partial charge is 0.284 e. The van der Waals surface area contributed by atoms with E-state index in [1.54, 1.807) is 11.7 Å². The molecule has 1 aliphatic rings. The van der Waals surface area contributed by atoms with Crippen molar-refractivity contribution in [3.63, 3.8) is 0 Å². The fourth-order valence-corrected chi connectivity index (χ4v) is 3.84. The lowest BCUT2D eigenvalue weighted by atomic mass is 10.1. The zero-order valence-electron chi connectivity index (χ0n) is 20.0. The number of hydrogen-bond acceptors (Lipinski definition) is 6. The molecule has 180 valence electrons. The summed E-state index contributed by atoms with van der Waals surface area (Å²) < 4.78 is 48.0. The summed E-state index contributed by atoms with van der Waals surface area (Å²) in [6.45, 7) is -0.0654. The molecule has 8 nitrogen and oxygen atoms in total. The maximum atomic E-state index is 13.4. The standard InChI is InChI=1S/C25H24F2N6O2/c1-32-20-15-29-21(16-34-24(28)33-13-11-25(26,27)12-14-33)30-23(20)22(31-32)17-7-9-19(10-8-17)35-18-5-3-2-4-6-18/h2-10,15,28H,11-14,16H2,1H3/i15D. The Morgan fingerprint density at radius 2 is 1.77 bits per heavy atom. The number of rotatable bonds is 5. The number of fused-ring (bicyclic) bond motifs is 1. The second-order valence-corrected chi connectivity index (χ2v) is 8.30. The van der Waals surface area contributed by atoms with E-state index in [-0.39, 0.29) is 50.6 Å². The predicted molar refractivity (Wildman–Crippen MR) is 127 cm³/mol. The number of likely N-dealkylation sites (tertiary alicyclic amines) is 1. The Kier molecular flexibility index (Phi) is 5.69. The summed E-state index contributed by atoms with van der Waals surface area (Å²) >= 11 is 0. The summed E-state index contributed by atoms with van der Waals surface area (Å²) in [6.07, 6.45) is -0.647. The molecule has 3 heterocycles. The molecule has 0 unspecified atom stereocenters. The van der Waals surface area contributed by atoms with Crippen LogP contribution < -0.4 is 4.74 Å². The normalized spacial score (nSPS) is 15.6. The summed E-state index contributed by atoms with van der Waals surface area (Å²) in [7, 11) is 1.72. The molecule has 35 heavy (non-hydrogen) atoms. The molecule has 0 aliphatic carbocycles. The molecule has 4 aromatic rings. The number of ether oxygens (including phenoxy) is 2. The maximum Gasteiger partial charge on any atom is 0.284 e. The minimum absolute atomic E-state index is 0.0203. The molecule has 1 saturated heterocycles. The fraction of sp³-hybridized carbons (Fsp3) is 0.280. The number of benzene rings is 2. The van der Waals surface area contributed by atoms with Crippen LogP contribution in [0.5, 0.6) is 11.5 Å². The molecule has 0 amide bonds. The van der Waals surface area contributed by atoms with Crippen LogP contribution in [0.3, 0.4) is 0 Å². The molecular weight excluding hydrogens is 454 g/mol. The summed E-state index contributed by atoms with van der Waals surface area (Å²) in [5.41, 5.74) is 2.31. The van der Waals surface area contributed by atoms with Gasteiger partial charge in [0.1, 0.15) is 28.2 Å². The largest absolute Gasteiger partial charge is 0.457 e. The average Bonchev–Trinajstić information content (AvgIpc) is 3.20. The first kappa shape index (κ1) is 21.5. The lowest BCUT2D eigenvalue weighted by Crippen LogP contribution is -2.43. The second kappa shape index (κ2) is 9.28. The van der Waals surface area contributed by atoms with Crippen molar-refractivity contribution < 1.29 is 19.6 Å². The molecule has 2 aromatic carbocycles. The Bertz CT molecular complexity index is 1390. The van der Waals surface area contributed by atoms with Crippen LogP contribution in [0.4, 0.5) is 8.78 Å². The molecule has 1 fully saturated rings. The molecule has 0 atom stereocenters. The quantitative estimate of drug-likeness (QED) is 0.320.